The number of unbranched alkanes of at least 4 members (excludes halogenated alkanes) is 2. The van der Waals surface area contributed by atoms with Crippen molar-refractivity contribution < 1.29 is 15.3 Å². The van der Waals surface area contributed by atoms with Gasteiger partial charge in [0.05, 0.1) is 0 Å². The van der Waals surface area contributed by atoms with Gasteiger partial charge >= 0.3 is 0 Å². The summed E-state index contributed by atoms with van der Waals surface area (Å²) in [5.74, 6) is -2.45. The van der Waals surface area contributed by atoms with Crippen molar-refractivity contribution in [3.05, 3.63) is 0 Å². The first-order valence-corrected chi connectivity index (χ1v) is 4.65. The van der Waals surface area contributed by atoms with E-state index >= 15 is 0 Å². The van der Waals surface area contributed by atoms with Crippen LogP contribution in [0.1, 0.15) is 52.9 Å². The molecule has 12 heavy (non-hydrogen) atoms. The Bertz CT molecular complexity index is 76.3. The molecule has 0 aromatic carbocycles. The first-order valence-electron chi connectivity index (χ1n) is 4.65. The lowest BCUT2D eigenvalue weighted by Gasteiger charge is -2.12. The van der Waals surface area contributed by atoms with E-state index in [4.69, 9.17) is 15.3 Å². The molecule has 0 aliphatic heterocycles. The summed E-state index contributed by atoms with van der Waals surface area (Å²) >= 11 is 0. The first-order chi connectivity index (χ1) is 5.47. The van der Waals surface area contributed by atoms with Crippen molar-refractivity contribution >= 4 is 0 Å². The van der Waals surface area contributed by atoms with Crippen LogP contribution in [0.2, 0.25) is 0 Å². The minimum atomic E-state index is -2.45. The van der Waals surface area contributed by atoms with Gasteiger partial charge in [0.25, 0.3) is 5.97 Å². The molecule has 0 aliphatic carbocycles. The summed E-state index contributed by atoms with van der Waals surface area (Å²) in [4.78, 5) is 0. The van der Waals surface area contributed by atoms with Gasteiger partial charge in [-0.25, -0.2) is 0 Å². The third-order valence-corrected chi connectivity index (χ3v) is 1.12. The van der Waals surface area contributed by atoms with E-state index in [1.807, 2.05) is 6.92 Å². The Morgan fingerprint density at radius 3 is 1.58 bits per heavy atom. The Kier molecular flexibility index (Phi) is 10.8. The molecule has 0 radical (unpaired) electrons. The van der Waals surface area contributed by atoms with E-state index in [1.165, 1.54) is 6.42 Å². The lowest BCUT2D eigenvalue weighted by Crippen LogP contribution is -2.26. The highest BCUT2D eigenvalue weighted by Crippen LogP contribution is 2.07. The second kappa shape index (κ2) is 8.97. The third kappa shape index (κ3) is 22.5. The molecule has 0 unspecified atom stereocenters. The van der Waals surface area contributed by atoms with Crippen LogP contribution in [-0.4, -0.2) is 21.3 Å². The van der Waals surface area contributed by atoms with Crippen molar-refractivity contribution in [3.63, 3.8) is 0 Å². The SMILES string of the molecule is CCC.CCCCCC(O)(O)O. The maximum Gasteiger partial charge on any atom is 0.275 e. The number of rotatable bonds is 4. The molecule has 0 aliphatic rings. The minimum Gasteiger partial charge on any atom is -0.344 e. The quantitative estimate of drug-likeness (QED) is 0.453. The molecule has 0 aromatic rings. The van der Waals surface area contributed by atoms with E-state index in [9.17, 15) is 0 Å². The topological polar surface area (TPSA) is 60.7 Å². The minimum absolute atomic E-state index is 0.0425. The molecule has 0 amide bonds. The predicted molar refractivity (Wildman–Crippen MR) is 49.5 cm³/mol. The van der Waals surface area contributed by atoms with Gasteiger partial charge in [-0.3, -0.25) is 0 Å². The maximum atomic E-state index is 8.36. The molecule has 0 saturated heterocycles. The lowest BCUT2D eigenvalue weighted by molar-refractivity contribution is -0.314. The second-order valence-corrected chi connectivity index (χ2v) is 2.94. The van der Waals surface area contributed by atoms with Gasteiger partial charge in [-0.2, -0.15) is 0 Å². The molecular formula is C9H22O3. The van der Waals surface area contributed by atoms with Crippen molar-refractivity contribution in [2.75, 3.05) is 0 Å². The standard InChI is InChI=1S/C6H14O3.C3H8/c1-2-3-4-5-6(7,8)9;1-3-2/h7-9H,2-5H2,1H3;3H2,1-2H3. The fourth-order valence-corrected chi connectivity index (χ4v) is 0.612. The second-order valence-electron chi connectivity index (χ2n) is 2.94. The summed E-state index contributed by atoms with van der Waals surface area (Å²) in [6.45, 7) is 6.26. The molecule has 0 atom stereocenters. The van der Waals surface area contributed by atoms with E-state index in [0.29, 0.717) is 6.42 Å². The highest BCUT2D eigenvalue weighted by molar-refractivity contribution is 4.47. The Labute approximate surface area is 75.0 Å². The molecule has 3 N–H and O–H groups in total. The van der Waals surface area contributed by atoms with Gasteiger partial charge in [0, 0.05) is 6.42 Å². The summed E-state index contributed by atoms with van der Waals surface area (Å²) in [7, 11) is 0. The smallest absolute Gasteiger partial charge is 0.275 e. The molecule has 0 aromatic heterocycles. The van der Waals surface area contributed by atoms with E-state index in [2.05, 4.69) is 13.8 Å². The van der Waals surface area contributed by atoms with Crippen LogP contribution in [0.4, 0.5) is 0 Å². The van der Waals surface area contributed by atoms with Gasteiger partial charge in [0.1, 0.15) is 0 Å². The summed E-state index contributed by atoms with van der Waals surface area (Å²) in [5, 5.41) is 25.1. The van der Waals surface area contributed by atoms with Gasteiger partial charge in [0.2, 0.25) is 0 Å². The monoisotopic (exact) mass is 178 g/mol. The highest BCUT2D eigenvalue weighted by Gasteiger charge is 2.15. The number of hydrogen-bond donors (Lipinski definition) is 3. The average Bonchev–Trinajstić information content (AvgIpc) is 1.87. The van der Waals surface area contributed by atoms with Gasteiger partial charge in [-0.15, -0.1) is 0 Å². The van der Waals surface area contributed by atoms with Gasteiger partial charge in [-0.05, 0) is 6.42 Å². The molecule has 0 saturated carbocycles. The fraction of sp³-hybridized carbons (Fsp3) is 1.00. The Morgan fingerprint density at radius 2 is 1.33 bits per heavy atom. The zero-order valence-electron chi connectivity index (χ0n) is 8.38. The fourth-order valence-electron chi connectivity index (χ4n) is 0.612. The highest BCUT2D eigenvalue weighted by atomic mass is 16.7. The molecule has 0 rings (SSSR count). The van der Waals surface area contributed by atoms with Crippen LogP contribution in [0, 0.1) is 0 Å². The van der Waals surface area contributed by atoms with Crippen LogP contribution in [0.25, 0.3) is 0 Å². The first kappa shape index (κ1) is 14.4. The van der Waals surface area contributed by atoms with Crippen molar-refractivity contribution in [2.24, 2.45) is 0 Å². The van der Waals surface area contributed by atoms with Crippen molar-refractivity contribution in [2.45, 2.75) is 58.8 Å². The molecule has 0 fully saturated rings. The molecule has 0 bridgehead atoms. The molecule has 3 heteroatoms. The lowest BCUT2D eigenvalue weighted by atomic mass is 10.2. The molecule has 3 nitrogen and oxygen atoms in total. The molecule has 76 valence electrons. The average molecular weight is 178 g/mol. The molecular weight excluding hydrogens is 156 g/mol. The van der Waals surface area contributed by atoms with E-state index < -0.39 is 5.97 Å². The number of hydrogen-bond acceptors (Lipinski definition) is 3. The maximum absolute atomic E-state index is 8.36. The van der Waals surface area contributed by atoms with Gasteiger partial charge < -0.3 is 15.3 Å². The van der Waals surface area contributed by atoms with Crippen LogP contribution < -0.4 is 0 Å². The summed E-state index contributed by atoms with van der Waals surface area (Å²) in [6.07, 6.45) is 3.88. The van der Waals surface area contributed by atoms with Crippen molar-refractivity contribution in [1.82, 2.24) is 0 Å². The van der Waals surface area contributed by atoms with Gasteiger partial charge in [0.15, 0.2) is 0 Å². The molecule has 0 heterocycles. The summed E-state index contributed by atoms with van der Waals surface area (Å²) in [5.41, 5.74) is 0. The third-order valence-electron chi connectivity index (χ3n) is 1.12. The van der Waals surface area contributed by atoms with E-state index in [-0.39, 0.29) is 6.42 Å². The van der Waals surface area contributed by atoms with Crippen LogP contribution in [0.15, 0.2) is 0 Å². The zero-order valence-corrected chi connectivity index (χ0v) is 8.38. The van der Waals surface area contributed by atoms with E-state index in [0.717, 1.165) is 12.8 Å². The summed E-state index contributed by atoms with van der Waals surface area (Å²) < 4.78 is 0. The molecule has 0 spiro atoms. The zero-order chi connectivity index (χ0) is 10.0. The normalized spacial score (nSPS) is 10.5. The van der Waals surface area contributed by atoms with Crippen molar-refractivity contribution in [1.29, 1.82) is 0 Å². The predicted octanol–water partition coefficient (Wildman–Crippen LogP) is 1.61. The Morgan fingerprint density at radius 1 is 0.917 bits per heavy atom. The van der Waals surface area contributed by atoms with Crippen molar-refractivity contribution in [3.8, 4) is 0 Å². The largest absolute Gasteiger partial charge is 0.344 e. The van der Waals surface area contributed by atoms with E-state index in [1.54, 1.807) is 0 Å². The number of aliphatic hydroxyl groups is 3. The van der Waals surface area contributed by atoms with Crippen LogP contribution in [0.3, 0.4) is 0 Å². The van der Waals surface area contributed by atoms with Crippen LogP contribution in [-0.2, 0) is 0 Å². The summed E-state index contributed by atoms with van der Waals surface area (Å²) in [6, 6.07) is 0. The Balaban J connectivity index is 0. The van der Waals surface area contributed by atoms with Gasteiger partial charge in [-0.1, -0.05) is 40.0 Å². The van der Waals surface area contributed by atoms with Crippen LogP contribution in [0.5, 0.6) is 0 Å². The van der Waals surface area contributed by atoms with Crippen LogP contribution >= 0.6 is 0 Å². The Hall–Kier alpha value is -0.120.